The molecule has 0 bridgehead atoms. The van der Waals surface area contributed by atoms with Crippen molar-refractivity contribution in [3.8, 4) is 0 Å². The van der Waals surface area contributed by atoms with E-state index >= 15 is 4.39 Å². The Labute approximate surface area is 138 Å². The Morgan fingerprint density at radius 2 is 2.08 bits per heavy atom. The van der Waals surface area contributed by atoms with Crippen LogP contribution in [-0.2, 0) is 11.3 Å². The van der Waals surface area contributed by atoms with Crippen LogP contribution in [0.4, 0.5) is 10.2 Å². The number of aromatic nitrogens is 2. The number of aryl methyl sites for hydroxylation is 1. The summed E-state index contributed by atoms with van der Waals surface area (Å²) in [6, 6.07) is 7.43. The average Bonchev–Trinajstić information content (AvgIpc) is 2.88. The van der Waals surface area contributed by atoms with Gasteiger partial charge in [0, 0.05) is 13.1 Å². The number of anilines is 1. The van der Waals surface area contributed by atoms with Gasteiger partial charge in [-0.3, -0.25) is 4.79 Å². The molecule has 1 N–H and O–H groups in total. The van der Waals surface area contributed by atoms with E-state index in [1.165, 1.54) is 0 Å². The third-order valence-electron chi connectivity index (χ3n) is 5.34. The smallest absolute Gasteiger partial charge is 0.293 e. The number of hydrogen-bond donors (Lipinski definition) is 1. The lowest BCUT2D eigenvalue weighted by atomic mass is 9.74. The number of fused-ring (bicyclic) bond motifs is 1. The molecule has 2 aliphatic rings. The number of aliphatic hydroxyl groups is 1. The Kier molecular flexibility index (Phi) is 3.40. The number of nitrogens with zero attached hydrogens (tertiary/aromatic N) is 3. The second kappa shape index (κ2) is 5.26. The summed E-state index contributed by atoms with van der Waals surface area (Å²) in [6.45, 7) is 2.63. The number of para-hydroxylation sites is 2. The Morgan fingerprint density at radius 3 is 2.67 bits per heavy atom. The van der Waals surface area contributed by atoms with Crippen LogP contribution in [0, 0.1) is 5.41 Å². The van der Waals surface area contributed by atoms with Crippen LogP contribution in [0.1, 0.15) is 6.92 Å². The number of halogens is 1. The molecule has 6 nitrogen and oxygen atoms in total. The fourth-order valence-corrected chi connectivity index (χ4v) is 3.80. The second-order valence-electron chi connectivity index (χ2n) is 6.73. The van der Waals surface area contributed by atoms with E-state index in [0.717, 1.165) is 5.52 Å². The molecular formula is C17H20FN3O3. The van der Waals surface area contributed by atoms with E-state index in [1.54, 1.807) is 9.47 Å². The van der Waals surface area contributed by atoms with Gasteiger partial charge in [0.25, 0.3) is 5.56 Å². The van der Waals surface area contributed by atoms with Crippen molar-refractivity contribution in [2.75, 3.05) is 37.8 Å². The number of ether oxygens (including phenoxy) is 1. The van der Waals surface area contributed by atoms with E-state index in [1.807, 2.05) is 31.2 Å². The Balaban J connectivity index is 1.83. The van der Waals surface area contributed by atoms with E-state index in [9.17, 15) is 9.90 Å². The van der Waals surface area contributed by atoms with Crippen LogP contribution in [0.3, 0.4) is 0 Å². The summed E-state index contributed by atoms with van der Waals surface area (Å²) in [6.07, 6.45) is 0. The number of aliphatic hydroxyl groups excluding tert-OH is 1. The van der Waals surface area contributed by atoms with Crippen LogP contribution in [-0.4, -0.2) is 53.2 Å². The van der Waals surface area contributed by atoms with Crippen LogP contribution in [0.15, 0.2) is 29.1 Å². The molecule has 2 fully saturated rings. The summed E-state index contributed by atoms with van der Waals surface area (Å²) in [5.41, 5.74) is -1.29. The summed E-state index contributed by atoms with van der Waals surface area (Å²) in [4.78, 5) is 19.0. The zero-order valence-electron chi connectivity index (χ0n) is 13.5. The average molecular weight is 333 g/mol. The fourth-order valence-electron chi connectivity index (χ4n) is 3.80. The predicted octanol–water partition coefficient (Wildman–Crippen LogP) is 0.954. The summed E-state index contributed by atoms with van der Waals surface area (Å²) >= 11 is 0. The van der Waals surface area contributed by atoms with Gasteiger partial charge in [0.15, 0.2) is 11.5 Å². The molecule has 2 aliphatic heterocycles. The van der Waals surface area contributed by atoms with Gasteiger partial charge in [-0.2, -0.15) is 0 Å². The SMILES string of the molecule is CCn1c(=O)c(N2CC3(COC3)[C@](F)(CO)C2)nc2ccccc21. The summed E-state index contributed by atoms with van der Waals surface area (Å²) in [5.74, 6) is 0.245. The van der Waals surface area contributed by atoms with E-state index in [-0.39, 0.29) is 31.1 Å². The summed E-state index contributed by atoms with van der Waals surface area (Å²) < 4.78 is 22.1. The van der Waals surface area contributed by atoms with Crippen molar-refractivity contribution in [1.82, 2.24) is 9.55 Å². The zero-order valence-corrected chi connectivity index (χ0v) is 13.5. The van der Waals surface area contributed by atoms with E-state index < -0.39 is 17.7 Å². The molecule has 0 saturated carbocycles. The minimum atomic E-state index is -1.78. The molecule has 1 aromatic heterocycles. The van der Waals surface area contributed by atoms with Crippen molar-refractivity contribution in [3.05, 3.63) is 34.6 Å². The second-order valence-corrected chi connectivity index (χ2v) is 6.73. The first-order valence-corrected chi connectivity index (χ1v) is 8.16. The molecule has 2 saturated heterocycles. The highest BCUT2D eigenvalue weighted by molar-refractivity contribution is 5.76. The quantitative estimate of drug-likeness (QED) is 0.906. The lowest BCUT2D eigenvalue weighted by molar-refractivity contribution is -0.177. The van der Waals surface area contributed by atoms with Gasteiger partial charge < -0.3 is 19.3 Å². The lowest BCUT2D eigenvalue weighted by Gasteiger charge is -2.44. The third kappa shape index (κ3) is 1.94. The Bertz CT molecular complexity index is 837. The van der Waals surface area contributed by atoms with Crippen LogP contribution >= 0.6 is 0 Å². The number of benzene rings is 1. The van der Waals surface area contributed by atoms with Crippen molar-refractivity contribution in [1.29, 1.82) is 0 Å². The van der Waals surface area contributed by atoms with Gasteiger partial charge in [-0.1, -0.05) is 12.1 Å². The maximum absolute atomic E-state index is 15.2. The van der Waals surface area contributed by atoms with Gasteiger partial charge in [-0.15, -0.1) is 0 Å². The minimum absolute atomic E-state index is 0.0445. The van der Waals surface area contributed by atoms with Crippen molar-refractivity contribution in [3.63, 3.8) is 0 Å². The molecule has 4 rings (SSSR count). The molecule has 128 valence electrons. The van der Waals surface area contributed by atoms with Crippen LogP contribution < -0.4 is 10.5 Å². The third-order valence-corrected chi connectivity index (χ3v) is 5.34. The van der Waals surface area contributed by atoms with Crippen LogP contribution in [0.5, 0.6) is 0 Å². The first kappa shape index (κ1) is 15.5. The number of rotatable bonds is 3. The highest BCUT2D eigenvalue weighted by atomic mass is 19.1. The zero-order chi connectivity index (χ0) is 16.9. The topological polar surface area (TPSA) is 67.6 Å². The molecule has 1 atom stereocenters. The molecular weight excluding hydrogens is 313 g/mol. The first-order chi connectivity index (χ1) is 11.5. The van der Waals surface area contributed by atoms with E-state index in [0.29, 0.717) is 18.6 Å². The molecule has 0 unspecified atom stereocenters. The van der Waals surface area contributed by atoms with E-state index in [2.05, 4.69) is 4.98 Å². The molecule has 1 spiro atoms. The molecule has 7 heteroatoms. The Morgan fingerprint density at radius 1 is 1.33 bits per heavy atom. The lowest BCUT2D eigenvalue weighted by Crippen LogP contribution is -2.58. The fraction of sp³-hybridized carbons (Fsp3) is 0.529. The largest absolute Gasteiger partial charge is 0.393 e. The minimum Gasteiger partial charge on any atom is -0.393 e. The number of hydrogen-bond acceptors (Lipinski definition) is 5. The van der Waals surface area contributed by atoms with Crippen LogP contribution in [0.2, 0.25) is 0 Å². The molecule has 2 aromatic rings. The Hall–Kier alpha value is -1.99. The molecule has 0 amide bonds. The maximum atomic E-state index is 15.2. The molecule has 0 radical (unpaired) electrons. The van der Waals surface area contributed by atoms with Gasteiger partial charge in [0.2, 0.25) is 0 Å². The highest BCUT2D eigenvalue weighted by Crippen LogP contribution is 2.48. The van der Waals surface area contributed by atoms with Crippen molar-refractivity contribution in [2.45, 2.75) is 19.1 Å². The molecule has 0 aliphatic carbocycles. The molecule has 1 aromatic carbocycles. The van der Waals surface area contributed by atoms with Crippen LogP contribution in [0.25, 0.3) is 11.0 Å². The van der Waals surface area contributed by atoms with Crippen molar-refractivity contribution in [2.24, 2.45) is 5.41 Å². The summed E-state index contributed by atoms with van der Waals surface area (Å²) in [5, 5.41) is 9.57. The molecule has 3 heterocycles. The van der Waals surface area contributed by atoms with Gasteiger partial charge in [-0.05, 0) is 19.1 Å². The first-order valence-electron chi connectivity index (χ1n) is 8.16. The van der Waals surface area contributed by atoms with E-state index in [4.69, 9.17) is 4.74 Å². The van der Waals surface area contributed by atoms with Crippen molar-refractivity contribution < 1.29 is 14.2 Å². The monoisotopic (exact) mass is 333 g/mol. The maximum Gasteiger partial charge on any atom is 0.293 e. The van der Waals surface area contributed by atoms with Crippen molar-refractivity contribution >= 4 is 16.9 Å². The van der Waals surface area contributed by atoms with Gasteiger partial charge in [-0.25, -0.2) is 9.37 Å². The number of alkyl halides is 1. The summed E-state index contributed by atoms with van der Waals surface area (Å²) in [7, 11) is 0. The molecule has 24 heavy (non-hydrogen) atoms. The van der Waals surface area contributed by atoms with Gasteiger partial charge in [0.05, 0.1) is 42.8 Å². The normalized spacial score (nSPS) is 25.4. The van der Waals surface area contributed by atoms with Gasteiger partial charge >= 0.3 is 0 Å². The van der Waals surface area contributed by atoms with Gasteiger partial charge in [0.1, 0.15) is 0 Å². The highest BCUT2D eigenvalue weighted by Gasteiger charge is 2.63. The predicted molar refractivity (Wildman–Crippen MR) is 88.1 cm³/mol. The standard InChI is InChI=1S/C17H20FN3O3/c1-2-21-13-6-4-3-5-12(13)19-14(15(21)23)20-7-16(10-24-11-16)17(18,8-20)9-22/h3-6,22H,2,7-11H2,1H3/t17-/m1/s1.